The van der Waals surface area contributed by atoms with Crippen molar-refractivity contribution in [3.8, 4) is 0 Å². The molecule has 1 unspecified atom stereocenters. The van der Waals surface area contributed by atoms with E-state index in [-0.39, 0.29) is 6.54 Å². The first-order valence-corrected chi connectivity index (χ1v) is 7.35. The summed E-state index contributed by atoms with van der Waals surface area (Å²) < 4.78 is 31.2. The summed E-state index contributed by atoms with van der Waals surface area (Å²) in [5, 5.41) is 2.80. The van der Waals surface area contributed by atoms with Crippen molar-refractivity contribution in [2.75, 3.05) is 6.54 Å². The monoisotopic (exact) mass is 258 g/mol. The van der Waals surface area contributed by atoms with Crippen molar-refractivity contribution in [2.45, 2.75) is 37.6 Å². The Hall–Kier alpha value is -0.850. The Labute approximate surface area is 102 Å². The van der Waals surface area contributed by atoms with E-state index in [1.807, 2.05) is 0 Å². The Morgan fingerprint density at radius 1 is 1.53 bits per heavy atom. The number of hydrogen-bond donors (Lipinski definition) is 2. The summed E-state index contributed by atoms with van der Waals surface area (Å²) in [6.45, 7) is 2.51. The second-order valence-corrected chi connectivity index (χ2v) is 6.67. The van der Waals surface area contributed by atoms with Gasteiger partial charge in [0.2, 0.25) is 10.0 Å². The number of sulfonamides is 1. The second kappa shape index (κ2) is 5.20. The van der Waals surface area contributed by atoms with E-state index < -0.39 is 15.3 Å². The van der Waals surface area contributed by atoms with Crippen LogP contribution < -0.4 is 10.0 Å². The Morgan fingerprint density at radius 3 is 2.88 bits per heavy atom. The Bertz CT molecular complexity index is 437. The van der Waals surface area contributed by atoms with Crippen molar-refractivity contribution < 1.29 is 12.8 Å². The highest BCUT2D eigenvalue weighted by Crippen LogP contribution is 2.18. The lowest BCUT2D eigenvalue weighted by atomic mass is 10.4. The average Bonchev–Trinajstić information content (AvgIpc) is 2.97. The van der Waals surface area contributed by atoms with Crippen molar-refractivity contribution >= 4 is 10.0 Å². The van der Waals surface area contributed by atoms with E-state index in [1.165, 1.54) is 12.5 Å². The molecule has 1 aliphatic rings. The van der Waals surface area contributed by atoms with Crippen LogP contribution in [0.5, 0.6) is 0 Å². The van der Waals surface area contributed by atoms with Gasteiger partial charge in [-0.25, -0.2) is 13.1 Å². The van der Waals surface area contributed by atoms with Crippen LogP contribution in [0.25, 0.3) is 0 Å². The molecule has 1 aromatic rings. The molecule has 1 saturated carbocycles. The fourth-order valence-corrected chi connectivity index (χ4v) is 2.42. The zero-order valence-corrected chi connectivity index (χ0v) is 10.7. The molecule has 0 saturated heterocycles. The van der Waals surface area contributed by atoms with Gasteiger partial charge in [0.15, 0.2) is 0 Å². The van der Waals surface area contributed by atoms with E-state index in [0.717, 1.165) is 18.4 Å². The molecule has 0 bridgehead atoms. The van der Waals surface area contributed by atoms with Crippen LogP contribution in [0.4, 0.5) is 0 Å². The fourth-order valence-electron chi connectivity index (χ4n) is 1.45. The minimum atomic E-state index is -3.26. The maximum atomic E-state index is 11.9. The molecule has 0 spiro atoms. The van der Waals surface area contributed by atoms with Crippen LogP contribution in [0.2, 0.25) is 0 Å². The van der Waals surface area contributed by atoms with Crippen molar-refractivity contribution in [1.29, 1.82) is 0 Å². The summed E-state index contributed by atoms with van der Waals surface area (Å²) in [5.41, 5.74) is 0.830. The summed E-state index contributed by atoms with van der Waals surface area (Å²) in [4.78, 5) is 0. The molecule has 0 aliphatic heterocycles. The topological polar surface area (TPSA) is 71.3 Å². The summed E-state index contributed by atoms with van der Waals surface area (Å²) in [6, 6.07) is 2.27. The lowest BCUT2D eigenvalue weighted by Gasteiger charge is -2.14. The van der Waals surface area contributed by atoms with Crippen molar-refractivity contribution in [3.63, 3.8) is 0 Å². The van der Waals surface area contributed by atoms with Crippen molar-refractivity contribution in [2.24, 2.45) is 0 Å². The highest BCUT2D eigenvalue weighted by Gasteiger charge is 2.25. The first-order valence-electron chi connectivity index (χ1n) is 5.81. The molecule has 17 heavy (non-hydrogen) atoms. The van der Waals surface area contributed by atoms with Gasteiger partial charge in [0.25, 0.3) is 0 Å². The molecule has 0 amide bonds. The molecule has 1 heterocycles. The third-order valence-corrected chi connectivity index (χ3v) is 4.63. The van der Waals surface area contributed by atoms with Crippen molar-refractivity contribution in [3.05, 3.63) is 24.2 Å². The van der Waals surface area contributed by atoms with E-state index in [0.29, 0.717) is 12.6 Å². The SMILES string of the molecule is CC(CNC1CC1)S(=O)(=O)NCc1ccoc1. The Kier molecular flexibility index (Phi) is 3.86. The first kappa shape index (κ1) is 12.6. The molecule has 5 nitrogen and oxygen atoms in total. The quantitative estimate of drug-likeness (QED) is 0.760. The number of rotatable bonds is 7. The standard InChI is InChI=1S/C11H18N2O3S/c1-9(6-12-11-2-3-11)17(14,15)13-7-10-4-5-16-8-10/h4-5,8-9,11-13H,2-3,6-7H2,1H3. The van der Waals surface area contributed by atoms with E-state index in [9.17, 15) is 8.42 Å². The molecule has 0 aromatic carbocycles. The first-order chi connectivity index (χ1) is 8.08. The molecule has 0 radical (unpaired) electrons. The third-order valence-electron chi connectivity index (χ3n) is 2.86. The maximum absolute atomic E-state index is 11.9. The van der Waals surface area contributed by atoms with E-state index in [2.05, 4.69) is 10.0 Å². The summed E-state index contributed by atoms with van der Waals surface area (Å²) in [5.74, 6) is 0. The highest BCUT2D eigenvalue weighted by atomic mass is 32.2. The zero-order valence-electron chi connectivity index (χ0n) is 9.85. The van der Waals surface area contributed by atoms with Gasteiger partial charge in [-0.2, -0.15) is 0 Å². The van der Waals surface area contributed by atoms with Crippen LogP contribution in [-0.4, -0.2) is 26.3 Å². The molecule has 1 fully saturated rings. The van der Waals surface area contributed by atoms with Gasteiger partial charge in [-0.1, -0.05) is 0 Å². The van der Waals surface area contributed by atoms with Gasteiger partial charge in [0.05, 0.1) is 17.8 Å². The van der Waals surface area contributed by atoms with Gasteiger partial charge >= 0.3 is 0 Å². The molecule has 6 heteroatoms. The maximum Gasteiger partial charge on any atom is 0.215 e. The lowest BCUT2D eigenvalue weighted by molar-refractivity contribution is 0.552. The molecule has 2 rings (SSSR count). The van der Waals surface area contributed by atoms with Gasteiger partial charge in [-0.15, -0.1) is 0 Å². The largest absolute Gasteiger partial charge is 0.472 e. The van der Waals surface area contributed by atoms with E-state index in [4.69, 9.17) is 4.42 Å². The second-order valence-electron chi connectivity index (χ2n) is 4.49. The molecule has 96 valence electrons. The zero-order chi connectivity index (χ0) is 12.3. The molecule has 2 N–H and O–H groups in total. The normalized spacial score (nSPS) is 18.2. The van der Waals surface area contributed by atoms with Crippen LogP contribution in [0, 0.1) is 0 Å². The van der Waals surface area contributed by atoms with Gasteiger partial charge in [0.1, 0.15) is 0 Å². The average molecular weight is 258 g/mol. The van der Waals surface area contributed by atoms with Gasteiger partial charge in [0, 0.05) is 24.7 Å². The fraction of sp³-hybridized carbons (Fsp3) is 0.636. The number of nitrogens with one attached hydrogen (secondary N) is 2. The van der Waals surface area contributed by atoms with E-state index in [1.54, 1.807) is 13.0 Å². The number of hydrogen-bond acceptors (Lipinski definition) is 4. The molecule has 1 aliphatic carbocycles. The Morgan fingerprint density at radius 2 is 2.29 bits per heavy atom. The summed E-state index contributed by atoms with van der Waals surface area (Å²) in [7, 11) is -3.26. The molecular formula is C11H18N2O3S. The van der Waals surface area contributed by atoms with Crippen LogP contribution >= 0.6 is 0 Å². The third kappa shape index (κ3) is 3.83. The predicted octanol–water partition coefficient (Wildman–Crippen LogP) is 0.839. The molecular weight excluding hydrogens is 240 g/mol. The Balaban J connectivity index is 1.79. The molecule has 1 atom stereocenters. The predicted molar refractivity (Wildman–Crippen MR) is 65.0 cm³/mol. The molecule has 1 aromatic heterocycles. The van der Waals surface area contributed by atoms with Crippen LogP contribution in [-0.2, 0) is 16.6 Å². The van der Waals surface area contributed by atoms with Gasteiger partial charge < -0.3 is 9.73 Å². The summed E-state index contributed by atoms with van der Waals surface area (Å²) >= 11 is 0. The number of furan rings is 1. The smallest absolute Gasteiger partial charge is 0.215 e. The van der Waals surface area contributed by atoms with Gasteiger partial charge in [-0.3, -0.25) is 0 Å². The van der Waals surface area contributed by atoms with Crippen LogP contribution in [0.15, 0.2) is 23.0 Å². The summed E-state index contributed by atoms with van der Waals surface area (Å²) in [6.07, 6.45) is 5.39. The lowest BCUT2D eigenvalue weighted by Crippen LogP contribution is -2.39. The minimum absolute atomic E-state index is 0.284. The van der Waals surface area contributed by atoms with Gasteiger partial charge in [-0.05, 0) is 25.8 Å². The van der Waals surface area contributed by atoms with Crippen LogP contribution in [0.3, 0.4) is 0 Å². The minimum Gasteiger partial charge on any atom is -0.472 e. The highest BCUT2D eigenvalue weighted by molar-refractivity contribution is 7.90. The van der Waals surface area contributed by atoms with E-state index >= 15 is 0 Å². The van der Waals surface area contributed by atoms with Crippen molar-refractivity contribution in [1.82, 2.24) is 10.0 Å². The van der Waals surface area contributed by atoms with Crippen LogP contribution in [0.1, 0.15) is 25.3 Å².